The van der Waals surface area contributed by atoms with Crippen LogP contribution in [-0.4, -0.2) is 109 Å². The predicted octanol–water partition coefficient (Wildman–Crippen LogP) is 1.49. The molecule has 8 N–H and O–H groups in total. The van der Waals surface area contributed by atoms with E-state index >= 15 is 0 Å². The number of piperidine rings is 2. The van der Waals surface area contributed by atoms with E-state index < -0.39 is 58.7 Å². The van der Waals surface area contributed by atoms with Gasteiger partial charge in [-0.25, -0.2) is 22.7 Å². The highest BCUT2D eigenvalue weighted by molar-refractivity contribution is 7.89. The number of amides is 3. The lowest BCUT2D eigenvalue weighted by atomic mass is 9.98. The van der Waals surface area contributed by atoms with Gasteiger partial charge in [-0.1, -0.05) is 30.3 Å². The van der Waals surface area contributed by atoms with Crippen LogP contribution in [0.2, 0.25) is 0 Å². The van der Waals surface area contributed by atoms with Crippen LogP contribution in [0.15, 0.2) is 47.4 Å². The third kappa shape index (κ3) is 10.7. The largest absolute Gasteiger partial charge is 0.490 e. The van der Waals surface area contributed by atoms with Gasteiger partial charge in [-0.3, -0.25) is 19.9 Å². The highest BCUT2D eigenvalue weighted by Crippen LogP contribution is 2.20. The molecule has 3 amide bonds. The van der Waals surface area contributed by atoms with Crippen molar-refractivity contribution in [1.29, 1.82) is 5.41 Å². The van der Waals surface area contributed by atoms with Crippen LogP contribution in [-0.2, 0) is 24.4 Å². The van der Waals surface area contributed by atoms with E-state index in [2.05, 4.69) is 15.4 Å². The number of carbonyl (C=O) groups excluding carboxylic acids is 2. The average molecular weight is 702 g/mol. The molecule has 0 aromatic heterocycles. The second-order valence-corrected chi connectivity index (χ2v) is 13.1. The molecular weight excluding hydrogens is 663 g/mol. The minimum Gasteiger partial charge on any atom is -0.475 e. The first-order valence-electron chi connectivity index (χ1n) is 14.9. The van der Waals surface area contributed by atoms with Crippen molar-refractivity contribution in [3.8, 4) is 0 Å². The van der Waals surface area contributed by atoms with Crippen LogP contribution in [0.4, 0.5) is 18.0 Å². The van der Waals surface area contributed by atoms with Crippen LogP contribution in [0.1, 0.15) is 32.1 Å². The minimum atomic E-state index is -5.08. The van der Waals surface area contributed by atoms with Gasteiger partial charge in [0.2, 0.25) is 21.8 Å². The summed E-state index contributed by atoms with van der Waals surface area (Å²) in [5.74, 6) is -4.03. The Morgan fingerprint density at radius 2 is 1.67 bits per heavy atom. The molecule has 2 aliphatic rings. The Kier molecular flexibility index (Phi) is 13.0. The molecule has 2 aromatic carbocycles. The summed E-state index contributed by atoms with van der Waals surface area (Å²) in [5.41, 5.74) is 5.61. The van der Waals surface area contributed by atoms with Crippen LogP contribution in [0.25, 0.3) is 10.8 Å². The third-order valence-corrected chi connectivity index (χ3v) is 9.28. The molecule has 19 heteroatoms. The number of nitrogens with zero attached hydrogens (tertiary/aromatic N) is 2. The van der Waals surface area contributed by atoms with Gasteiger partial charge in [0, 0.05) is 32.7 Å². The molecule has 1 unspecified atom stereocenters. The molecule has 3 atom stereocenters. The van der Waals surface area contributed by atoms with E-state index in [-0.39, 0.29) is 29.9 Å². The van der Waals surface area contributed by atoms with Gasteiger partial charge in [-0.2, -0.15) is 13.2 Å². The van der Waals surface area contributed by atoms with Gasteiger partial charge in [0.05, 0.1) is 4.90 Å². The molecule has 0 bridgehead atoms. The van der Waals surface area contributed by atoms with Crippen LogP contribution in [0.3, 0.4) is 0 Å². The second-order valence-electron chi connectivity index (χ2n) is 11.3. The summed E-state index contributed by atoms with van der Waals surface area (Å²) in [7, 11) is -4.05. The van der Waals surface area contributed by atoms with Gasteiger partial charge in [-0.15, -0.1) is 0 Å². The van der Waals surface area contributed by atoms with Gasteiger partial charge in [0.15, 0.2) is 5.96 Å². The first-order chi connectivity index (χ1) is 22.5. The maximum atomic E-state index is 13.3. The van der Waals surface area contributed by atoms with E-state index in [4.69, 9.17) is 21.0 Å². The maximum Gasteiger partial charge on any atom is 0.490 e. The number of hydrogen-bond acceptors (Lipinski definition) is 7. The zero-order valence-corrected chi connectivity index (χ0v) is 26.5. The molecule has 264 valence electrons. The Bertz CT molecular complexity index is 1610. The van der Waals surface area contributed by atoms with Crippen LogP contribution in [0.5, 0.6) is 0 Å². The van der Waals surface area contributed by atoms with Crippen molar-refractivity contribution in [3.05, 3.63) is 42.5 Å². The number of nitrogens with two attached hydrogens (primary N) is 1. The van der Waals surface area contributed by atoms with Gasteiger partial charge in [-0.05, 0) is 60.9 Å². The summed E-state index contributed by atoms with van der Waals surface area (Å²) >= 11 is 0. The number of carboxylic acids is 1. The first-order valence-corrected chi connectivity index (χ1v) is 16.4. The number of guanidine groups is 1. The van der Waals surface area contributed by atoms with E-state index in [1.807, 2.05) is 12.1 Å². The van der Waals surface area contributed by atoms with E-state index in [1.165, 1.54) is 12.1 Å². The molecule has 2 fully saturated rings. The Labute approximate surface area is 274 Å². The third-order valence-electron chi connectivity index (χ3n) is 7.86. The summed E-state index contributed by atoms with van der Waals surface area (Å²) in [6.07, 6.45) is -3.11. The highest BCUT2D eigenvalue weighted by Gasteiger charge is 2.38. The van der Waals surface area contributed by atoms with Crippen molar-refractivity contribution < 1.29 is 51.0 Å². The van der Waals surface area contributed by atoms with Gasteiger partial charge < -0.3 is 31.5 Å². The zero-order chi connectivity index (χ0) is 35.6. The van der Waals surface area contributed by atoms with Crippen molar-refractivity contribution in [3.63, 3.8) is 0 Å². The second kappa shape index (κ2) is 16.4. The topological polar surface area (TPSA) is 235 Å². The molecule has 0 saturated carbocycles. The van der Waals surface area contributed by atoms with Gasteiger partial charge in [0.25, 0.3) is 0 Å². The van der Waals surface area contributed by atoms with Crippen molar-refractivity contribution in [2.45, 2.75) is 55.3 Å². The first kappa shape index (κ1) is 37.8. The smallest absolute Gasteiger partial charge is 0.475 e. The number of hydrogen-bond donors (Lipinski definition) is 7. The Morgan fingerprint density at radius 3 is 2.29 bits per heavy atom. The number of rotatable bonds is 9. The van der Waals surface area contributed by atoms with E-state index in [1.54, 1.807) is 23.1 Å². The monoisotopic (exact) mass is 701 g/mol. The summed E-state index contributed by atoms with van der Waals surface area (Å²) < 4.78 is 60.5. The molecule has 0 aliphatic carbocycles. The van der Waals surface area contributed by atoms with E-state index in [9.17, 15) is 41.1 Å². The predicted molar refractivity (Wildman–Crippen MR) is 166 cm³/mol. The maximum absolute atomic E-state index is 13.3. The van der Waals surface area contributed by atoms with Crippen LogP contribution < -0.4 is 21.1 Å². The lowest BCUT2D eigenvalue weighted by Gasteiger charge is -2.34. The molecule has 2 aromatic rings. The summed E-state index contributed by atoms with van der Waals surface area (Å²) in [6.45, 7) is 1.18. The lowest BCUT2D eigenvalue weighted by molar-refractivity contribution is -0.192. The minimum absolute atomic E-state index is 0.0116. The number of sulfonamides is 1. The number of fused-ring (bicyclic) bond motifs is 1. The van der Waals surface area contributed by atoms with Crippen LogP contribution >= 0.6 is 0 Å². The van der Waals surface area contributed by atoms with Crippen LogP contribution in [0, 0.1) is 11.3 Å². The number of carbonyl (C=O) groups is 4. The average Bonchev–Trinajstić information content (AvgIpc) is 3.05. The van der Waals surface area contributed by atoms with E-state index in [0.29, 0.717) is 32.4 Å². The Hall–Kier alpha value is -4.65. The summed E-state index contributed by atoms with van der Waals surface area (Å²) in [6, 6.07) is 9.73. The van der Waals surface area contributed by atoms with Crippen molar-refractivity contribution in [1.82, 2.24) is 25.2 Å². The summed E-state index contributed by atoms with van der Waals surface area (Å²) in [5, 5.41) is 31.3. The molecule has 2 saturated heterocycles. The van der Waals surface area contributed by atoms with Gasteiger partial charge in [0.1, 0.15) is 12.1 Å². The fourth-order valence-corrected chi connectivity index (χ4v) is 6.42. The van der Waals surface area contributed by atoms with Crippen molar-refractivity contribution in [2.75, 3.05) is 32.7 Å². The number of benzene rings is 2. The number of alkyl halides is 3. The molecule has 2 aliphatic heterocycles. The highest BCUT2D eigenvalue weighted by atomic mass is 32.2. The quantitative estimate of drug-likeness (QED) is 0.147. The molecule has 0 spiro atoms. The molecule has 4 rings (SSSR count). The molecule has 15 nitrogen and oxygen atoms in total. The Balaban J connectivity index is 0.000000804. The standard InChI is InChI=1S/C27H37N7O6S.C2HF3O2/c28-26(29)33-12-5-6-18(17-33)15-30-24(35)22(32-25(36)23-9-3-4-13-34(23)27(37)38)16-31-41(39,40)21-11-10-19-7-1-2-8-20(19)14-21;3-2(4,5)1(6)7/h1-2,7-8,10-11,14,18,22-23,31H,3-6,9,12-13,15-17H2,(H3,28,29)(H,30,35)(H,32,36)(H,37,38);(H,6,7)/t18?,22-,23+;/m0./s1. The summed E-state index contributed by atoms with van der Waals surface area (Å²) in [4.78, 5) is 49.8. The SMILES string of the molecule is N=C(N)N1CCCC(CNC(=O)[C@H](CNS(=O)(=O)c2ccc3ccccc3c2)NC(=O)[C@H]2CCCCN2C(=O)O)C1.O=C(O)C(F)(F)F. The number of halogens is 3. The number of nitrogens with one attached hydrogen (secondary N) is 4. The normalized spacial score (nSPS) is 19.0. The fourth-order valence-electron chi connectivity index (χ4n) is 5.34. The van der Waals surface area contributed by atoms with E-state index in [0.717, 1.165) is 28.5 Å². The van der Waals surface area contributed by atoms with Crippen molar-refractivity contribution >= 4 is 50.6 Å². The molecule has 48 heavy (non-hydrogen) atoms. The molecule has 2 heterocycles. The molecular formula is C29H38F3N7O8S. The zero-order valence-electron chi connectivity index (χ0n) is 25.7. The number of carboxylic acid groups (broad SMARTS) is 2. The number of likely N-dealkylation sites (tertiary alicyclic amines) is 2. The fraction of sp³-hybridized carbons (Fsp3) is 0.483. The van der Waals surface area contributed by atoms with Gasteiger partial charge >= 0.3 is 18.2 Å². The van der Waals surface area contributed by atoms with Crippen molar-refractivity contribution in [2.24, 2.45) is 11.7 Å². The number of aliphatic carboxylic acids is 1. The Morgan fingerprint density at radius 1 is 1.00 bits per heavy atom. The molecule has 0 radical (unpaired) electrons. The lowest BCUT2D eigenvalue weighted by Crippen LogP contribution is -2.59.